The van der Waals surface area contributed by atoms with Crippen LogP contribution in [0.3, 0.4) is 0 Å². The molecule has 0 aliphatic carbocycles. The average Bonchev–Trinajstić information content (AvgIpc) is 2.75. The lowest BCUT2D eigenvalue weighted by Gasteiger charge is -2.01. The van der Waals surface area contributed by atoms with E-state index in [1.807, 2.05) is 43.3 Å². The summed E-state index contributed by atoms with van der Waals surface area (Å²) in [5.41, 5.74) is 1.11. The Balaban J connectivity index is 1.99. The van der Waals surface area contributed by atoms with Crippen molar-refractivity contribution in [1.29, 1.82) is 0 Å². The van der Waals surface area contributed by atoms with E-state index in [-0.39, 0.29) is 0 Å². The van der Waals surface area contributed by atoms with Crippen LogP contribution in [0.15, 0.2) is 45.8 Å². The molecule has 88 valence electrons. The number of rotatable bonds is 4. The summed E-state index contributed by atoms with van der Waals surface area (Å²) >= 11 is 0. The molecule has 0 saturated heterocycles. The normalized spacial score (nSPS) is 10.9. The van der Waals surface area contributed by atoms with Gasteiger partial charge in [-0.25, -0.2) is 0 Å². The standard InChI is InChI=1S/C14H15NO2/c1-11-6-7-14(17-11)10-15-9-12-4-3-5-13(8-12)16-2/h3-8,10H,9H2,1-2H3. The van der Waals surface area contributed by atoms with Gasteiger partial charge in [0.1, 0.15) is 17.3 Å². The highest BCUT2D eigenvalue weighted by molar-refractivity contribution is 5.75. The molecule has 17 heavy (non-hydrogen) atoms. The van der Waals surface area contributed by atoms with E-state index in [4.69, 9.17) is 9.15 Å². The Morgan fingerprint density at radius 1 is 1.29 bits per heavy atom. The number of methoxy groups -OCH3 is 1. The van der Waals surface area contributed by atoms with Crippen molar-refractivity contribution in [3.05, 3.63) is 53.5 Å². The second-order valence-electron chi connectivity index (χ2n) is 3.77. The third-order valence-electron chi connectivity index (χ3n) is 2.39. The topological polar surface area (TPSA) is 34.7 Å². The first-order valence-corrected chi connectivity index (χ1v) is 5.47. The maximum atomic E-state index is 5.39. The quantitative estimate of drug-likeness (QED) is 0.754. The summed E-state index contributed by atoms with van der Waals surface area (Å²) in [7, 11) is 1.66. The van der Waals surface area contributed by atoms with E-state index in [1.165, 1.54) is 0 Å². The Bertz CT molecular complexity index is 514. The van der Waals surface area contributed by atoms with E-state index in [0.29, 0.717) is 6.54 Å². The molecule has 0 fully saturated rings. The fraction of sp³-hybridized carbons (Fsp3) is 0.214. The molecule has 1 heterocycles. The maximum absolute atomic E-state index is 5.39. The first kappa shape index (κ1) is 11.5. The van der Waals surface area contributed by atoms with E-state index in [2.05, 4.69) is 4.99 Å². The molecule has 0 aliphatic rings. The molecule has 2 aromatic rings. The van der Waals surface area contributed by atoms with E-state index < -0.39 is 0 Å². The number of benzene rings is 1. The molecule has 3 heteroatoms. The molecule has 2 rings (SSSR count). The van der Waals surface area contributed by atoms with Gasteiger partial charge in [-0.15, -0.1) is 0 Å². The highest BCUT2D eigenvalue weighted by Crippen LogP contribution is 2.13. The average molecular weight is 229 g/mol. The van der Waals surface area contributed by atoms with E-state index >= 15 is 0 Å². The van der Waals surface area contributed by atoms with Crippen molar-refractivity contribution in [2.24, 2.45) is 4.99 Å². The fourth-order valence-electron chi connectivity index (χ4n) is 1.53. The largest absolute Gasteiger partial charge is 0.497 e. The number of furan rings is 1. The second-order valence-corrected chi connectivity index (χ2v) is 3.77. The van der Waals surface area contributed by atoms with Gasteiger partial charge in [-0.1, -0.05) is 12.1 Å². The predicted molar refractivity (Wildman–Crippen MR) is 67.7 cm³/mol. The van der Waals surface area contributed by atoms with Crippen molar-refractivity contribution in [3.8, 4) is 5.75 Å². The molecule has 0 amide bonds. The number of aliphatic imine (C=N–C) groups is 1. The van der Waals surface area contributed by atoms with Gasteiger partial charge < -0.3 is 9.15 Å². The van der Waals surface area contributed by atoms with Crippen LogP contribution in [0.1, 0.15) is 17.1 Å². The minimum absolute atomic E-state index is 0.622. The highest BCUT2D eigenvalue weighted by atomic mass is 16.5. The summed E-state index contributed by atoms with van der Waals surface area (Å²) in [4.78, 5) is 4.33. The van der Waals surface area contributed by atoms with Gasteiger partial charge in [0.15, 0.2) is 0 Å². The highest BCUT2D eigenvalue weighted by Gasteiger charge is 1.95. The molecular formula is C14H15NO2. The first-order chi connectivity index (χ1) is 8.28. The predicted octanol–water partition coefficient (Wildman–Crippen LogP) is 3.22. The zero-order valence-electron chi connectivity index (χ0n) is 10.0. The molecule has 0 spiro atoms. The van der Waals surface area contributed by atoms with Gasteiger partial charge in [0.25, 0.3) is 0 Å². The summed E-state index contributed by atoms with van der Waals surface area (Å²) in [6.07, 6.45) is 1.74. The van der Waals surface area contributed by atoms with Crippen molar-refractivity contribution in [2.45, 2.75) is 13.5 Å². The molecule has 0 bridgehead atoms. The Hall–Kier alpha value is -2.03. The molecule has 0 aliphatic heterocycles. The van der Waals surface area contributed by atoms with Crippen molar-refractivity contribution in [1.82, 2.24) is 0 Å². The molecule has 0 atom stereocenters. The van der Waals surface area contributed by atoms with Crippen molar-refractivity contribution in [3.63, 3.8) is 0 Å². The van der Waals surface area contributed by atoms with Crippen LogP contribution in [-0.2, 0) is 6.54 Å². The number of ether oxygens (including phenoxy) is 1. The van der Waals surface area contributed by atoms with Crippen LogP contribution >= 0.6 is 0 Å². The summed E-state index contributed by atoms with van der Waals surface area (Å²) < 4.78 is 10.5. The van der Waals surface area contributed by atoms with Crippen LogP contribution in [0.4, 0.5) is 0 Å². The Morgan fingerprint density at radius 3 is 2.88 bits per heavy atom. The molecule has 3 nitrogen and oxygen atoms in total. The van der Waals surface area contributed by atoms with Crippen molar-refractivity contribution in [2.75, 3.05) is 7.11 Å². The van der Waals surface area contributed by atoms with Crippen LogP contribution in [0.5, 0.6) is 5.75 Å². The number of aryl methyl sites for hydroxylation is 1. The zero-order chi connectivity index (χ0) is 12.1. The van der Waals surface area contributed by atoms with E-state index in [0.717, 1.165) is 22.8 Å². The summed E-state index contributed by atoms with van der Waals surface area (Å²) in [5, 5.41) is 0. The van der Waals surface area contributed by atoms with Gasteiger partial charge in [0, 0.05) is 0 Å². The minimum atomic E-state index is 0.622. The van der Waals surface area contributed by atoms with E-state index in [9.17, 15) is 0 Å². The summed E-state index contributed by atoms with van der Waals surface area (Å²) in [6, 6.07) is 11.7. The van der Waals surface area contributed by atoms with Crippen LogP contribution in [0.25, 0.3) is 0 Å². The molecule has 1 aromatic heterocycles. The number of nitrogens with zero attached hydrogens (tertiary/aromatic N) is 1. The molecule has 1 aromatic carbocycles. The lowest BCUT2D eigenvalue weighted by molar-refractivity contribution is 0.414. The molecule has 0 N–H and O–H groups in total. The molecule has 0 radical (unpaired) electrons. The third kappa shape index (κ3) is 3.21. The van der Waals surface area contributed by atoms with Gasteiger partial charge >= 0.3 is 0 Å². The minimum Gasteiger partial charge on any atom is -0.497 e. The maximum Gasteiger partial charge on any atom is 0.144 e. The smallest absolute Gasteiger partial charge is 0.144 e. The summed E-state index contributed by atoms with van der Waals surface area (Å²) in [6.45, 7) is 2.54. The number of hydrogen-bond acceptors (Lipinski definition) is 3. The van der Waals surface area contributed by atoms with Crippen molar-refractivity contribution < 1.29 is 9.15 Å². The van der Waals surface area contributed by atoms with Crippen LogP contribution in [0.2, 0.25) is 0 Å². The van der Waals surface area contributed by atoms with Crippen LogP contribution < -0.4 is 4.74 Å². The van der Waals surface area contributed by atoms with Gasteiger partial charge in [-0.05, 0) is 36.8 Å². The number of hydrogen-bond donors (Lipinski definition) is 0. The van der Waals surface area contributed by atoms with Gasteiger partial charge in [0.2, 0.25) is 0 Å². The van der Waals surface area contributed by atoms with Crippen LogP contribution in [0, 0.1) is 6.92 Å². The Morgan fingerprint density at radius 2 is 2.18 bits per heavy atom. The first-order valence-electron chi connectivity index (χ1n) is 5.47. The van der Waals surface area contributed by atoms with Gasteiger partial charge in [-0.2, -0.15) is 0 Å². The summed E-state index contributed by atoms with van der Waals surface area (Å²) in [5.74, 6) is 2.53. The van der Waals surface area contributed by atoms with Gasteiger partial charge in [0.05, 0.1) is 19.9 Å². The molecule has 0 unspecified atom stereocenters. The van der Waals surface area contributed by atoms with Gasteiger partial charge in [-0.3, -0.25) is 4.99 Å². The second kappa shape index (κ2) is 5.34. The Labute approximate surface area is 101 Å². The third-order valence-corrected chi connectivity index (χ3v) is 2.39. The SMILES string of the molecule is COc1cccc(CN=Cc2ccc(C)o2)c1. The monoisotopic (exact) mass is 229 g/mol. The van der Waals surface area contributed by atoms with E-state index in [1.54, 1.807) is 13.3 Å². The fourth-order valence-corrected chi connectivity index (χ4v) is 1.53. The molecular weight excluding hydrogens is 214 g/mol. The lowest BCUT2D eigenvalue weighted by atomic mass is 10.2. The van der Waals surface area contributed by atoms with Crippen LogP contribution in [-0.4, -0.2) is 13.3 Å². The molecule has 0 saturated carbocycles. The lowest BCUT2D eigenvalue weighted by Crippen LogP contribution is -1.86. The zero-order valence-corrected chi connectivity index (χ0v) is 10.0. The van der Waals surface area contributed by atoms with Crippen molar-refractivity contribution >= 4 is 6.21 Å². The Kier molecular flexibility index (Phi) is 3.60.